The van der Waals surface area contributed by atoms with E-state index in [2.05, 4.69) is 29.5 Å². The lowest BCUT2D eigenvalue weighted by molar-refractivity contribution is -0.123. The van der Waals surface area contributed by atoms with Gasteiger partial charge in [-0.2, -0.15) is 0 Å². The Labute approximate surface area is 109 Å². The van der Waals surface area contributed by atoms with Gasteiger partial charge < -0.3 is 15.2 Å². The van der Waals surface area contributed by atoms with Crippen molar-refractivity contribution in [2.75, 3.05) is 0 Å². The first-order valence-electron chi connectivity index (χ1n) is 6.32. The molecule has 0 aliphatic heterocycles. The minimum absolute atomic E-state index is 0.00583. The summed E-state index contributed by atoms with van der Waals surface area (Å²) in [4.78, 5) is 16.1. The third-order valence-electron chi connectivity index (χ3n) is 2.30. The van der Waals surface area contributed by atoms with Gasteiger partial charge in [-0.15, -0.1) is 0 Å². The lowest BCUT2D eigenvalue weighted by atomic mass is 10.1. The van der Waals surface area contributed by atoms with Crippen molar-refractivity contribution in [2.45, 2.75) is 59.3 Å². The summed E-state index contributed by atoms with van der Waals surface area (Å²) in [5, 5.41) is 6.24. The SMILES string of the molecule is CC(C)NCc1nccn1CC(=O)NC(C)(C)C. The first-order valence-corrected chi connectivity index (χ1v) is 6.32. The average Bonchev–Trinajstić information content (AvgIpc) is 2.59. The van der Waals surface area contributed by atoms with Crippen LogP contribution in [0.15, 0.2) is 12.4 Å². The highest BCUT2D eigenvalue weighted by atomic mass is 16.2. The van der Waals surface area contributed by atoms with Gasteiger partial charge in [0.05, 0.1) is 6.54 Å². The standard InChI is InChI=1S/C13H24N4O/c1-10(2)15-8-11-14-6-7-17(11)9-12(18)16-13(3,4)5/h6-7,10,15H,8-9H2,1-5H3,(H,16,18). The Morgan fingerprint density at radius 3 is 2.67 bits per heavy atom. The minimum atomic E-state index is -0.200. The largest absolute Gasteiger partial charge is 0.350 e. The van der Waals surface area contributed by atoms with E-state index in [0.29, 0.717) is 19.1 Å². The van der Waals surface area contributed by atoms with Crippen LogP contribution in [0, 0.1) is 0 Å². The Balaban J connectivity index is 2.57. The number of carbonyl (C=O) groups is 1. The van der Waals surface area contributed by atoms with Crippen molar-refractivity contribution in [1.29, 1.82) is 0 Å². The van der Waals surface area contributed by atoms with Crippen LogP contribution in [0.4, 0.5) is 0 Å². The molecule has 0 atom stereocenters. The molecule has 1 amide bonds. The molecule has 1 heterocycles. The molecule has 18 heavy (non-hydrogen) atoms. The Bertz CT molecular complexity index is 390. The molecule has 1 rings (SSSR count). The van der Waals surface area contributed by atoms with E-state index < -0.39 is 0 Å². The number of nitrogens with one attached hydrogen (secondary N) is 2. The fourth-order valence-electron chi connectivity index (χ4n) is 1.56. The molecular formula is C13H24N4O. The molecule has 0 saturated heterocycles. The van der Waals surface area contributed by atoms with E-state index >= 15 is 0 Å². The summed E-state index contributed by atoms with van der Waals surface area (Å²) in [5.74, 6) is 0.888. The summed E-state index contributed by atoms with van der Waals surface area (Å²) in [6.07, 6.45) is 3.56. The summed E-state index contributed by atoms with van der Waals surface area (Å²) >= 11 is 0. The Kier molecular flexibility index (Phi) is 4.90. The van der Waals surface area contributed by atoms with Crippen LogP contribution in [-0.2, 0) is 17.9 Å². The lowest BCUT2D eigenvalue weighted by Crippen LogP contribution is -2.42. The van der Waals surface area contributed by atoms with Crippen LogP contribution in [0.5, 0.6) is 0 Å². The molecule has 0 spiro atoms. The molecule has 0 fully saturated rings. The number of hydrogen-bond acceptors (Lipinski definition) is 3. The molecule has 1 aromatic heterocycles. The zero-order chi connectivity index (χ0) is 13.8. The van der Waals surface area contributed by atoms with Gasteiger partial charge in [-0.25, -0.2) is 4.98 Å². The quantitative estimate of drug-likeness (QED) is 0.830. The molecule has 5 heteroatoms. The number of rotatable bonds is 5. The third kappa shape index (κ3) is 5.31. The van der Waals surface area contributed by atoms with Gasteiger partial charge in [0.25, 0.3) is 0 Å². The summed E-state index contributed by atoms with van der Waals surface area (Å²) in [6.45, 7) is 11.1. The first kappa shape index (κ1) is 14.7. The van der Waals surface area contributed by atoms with Crippen molar-refractivity contribution in [3.63, 3.8) is 0 Å². The average molecular weight is 252 g/mol. The Morgan fingerprint density at radius 2 is 2.11 bits per heavy atom. The number of aromatic nitrogens is 2. The van der Waals surface area contributed by atoms with E-state index in [1.165, 1.54) is 0 Å². The summed E-state index contributed by atoms with van der Waals surface area (Å²) < 4.78 is 1.87. The molecule has 0 bridgehead atoms. The molecule has 0 radical (unpaired) electrons. The van der Waals surface area contributed by atoms with Gasteiger partial charge in [-0.1, -0.05) is 13.8 Å². The van der Waals surface area contributed by atoms with Crippen LogP contribution in [0.1, 0.15) is 40.4 Å². The second kappa shape index (κ2) is 6.00. The Morgan fingerprint density at radius 1 is 1.44 bits per heavy atom. The molecule has 2 N–H and O–H groups in total. The summed E-state index contributed by atoms with van der Waals surface area (Å²) in [6, 6.07) is 0.401. The fourth-order valence-corrected chi connectivity index (χ4v) is 1.56. The van der Waals surface area contributed by atoms with E-state index in [4.69, 9.17) is 0 Å². The molecule has 0 aliphatic carbocycles. The monoisotopic (exact) mass is 252 g/mol. The molecular weight excluding hydrogens is 228 g/mol. The van der Waals surface area contributed by atoms with Crippen molar-refractivity contribution >= 4 is 5.91 Å². The van der Waals surface area contributed by atoms with E-state index in [9.17, 15) is 4.79 Å². The fraction of sp³-hybridized carbons (Fsp3) is 0.692. The number of hydrogen-bond donors (Lipinski definition) is 2. The van der Waals surface area contributed by atoms with Gasteiger partial charge in [-0.3, -0.25) is 4.79 Å². The number of nitrogens with zero attached hydrogens (tertiary/aromatic N) is 2. The lowest BCUT2D eigenvalue weighted by Gasteiger charge is -2.21. The zero-order valence-corrected chi connectivity index (χ0v) is 11.9. The highest BCUT2D eigenvalue weighted by molar-refractivity contribution is 5.76. The second-order valence-electron chi connectivity index (χ2n) is 5.81. The maximum absolute atomic E-state index is 11.8. The van der Waals surface area contributed by atoms with Crippen molar-refractivity contribution in [1.82, 2.24) is 20.2 Å². The van der Waals surface area contributed by atoms with E-state index in [1.54, 1.807) is 6.20 Å². The summed E-state index contributed by atoms with van der Waals surface area (Å²) in [5.41, 5.74) is -0.200. The van der Waals surface area contributed by atoms with Crippen LogP contribution in [-0.4, -0.2) is 27.0 Å². The second-order valence-corrected chi connectivity index (χ2v) is 5.81. The highest BCUT2D eigenvalue weighted by Crippen LogP contribution is 2.01. The molecule has 1 aromatic rings. The normalized spacial score (nSPS) is 11.9. The van der Waals surface area contributed by atoms with Crippen LogP contribution in [0.25, 0.3) is 0 Å². The van der Waals surface area contributed by atoms with Gasteiger partial charge in [0, 0.05) is 24.0 Å². The van der Waals surface area contributed by atoms with Crippen LogP contribution >= 0.6 is 0 Å². The molecule has 102 valence electrons. The van der Waals surface area contributed by atoms with Gasteiger partial charge in [0.1, 0.15) is 12.4 Å². The molecule has 5 nitrogen and oxygen atoms in total. The maximum atomic E-state index is 11.8. The van der Waals surface area contributed by atoms with E-state index in [1.807, 2.05) is 31.5 Å². The number of carbonyl (C=O) groups excluding carboxylic acids is 1. The first-order chi connectivity index (χ1) is 8.28. The predicted octanol–water partition coefficient (Wildman–Crippen LogP) is 1.30. The van der Waals surface area contributed by atoms with E-state index in [-0.39, 0.29) is 11.4 Å². The minimum Gasteiger partial charge on any atom is -0.350 e. The highest BCUT2D eigenvalue weighted by Gasteiger charge is 2.15. The molecule has 0 aliphatic rings. The van der Waals surface area contributed by atoms with Crippen LogP contribution in [0.2, 0.25) is 0 Å². The third-order valence-corrected chi connectivity index (χ3v) is 2.30. The van der Waals surface area contributed by atoms with Gasteiger partial charge in [-0.05, 0) is 20.8 Å². The maximum Gasteiger partial charge on any atom is 0.240 e. The molecule has 0 aromatic carbocycles. The molecule has 0 unspecified atom stereocenters. The topological polar surface area (TPSA) is 59.0 Å². The number of imidazole rings is 1. The van der Waals surface area contributed by atoms with Gasteiger partial charge >= 0.3 is 0 Å². The zero-order valence-electron chi connectivity index (χ0n) is 11.9. The van der Waals surface area contributed by atoms with E-state index in [0.717, 1.165) is 5.82 Å². The van der Waals surface area contributed by atoms with Crippen LogP contribution < -0.4 is 10.6 Å². The van der Waals surface area contributed by atoms with Crippen molar-refractivity contribution in [2.24, 2.45) is 0 Å². The smallest absolute Gasteiger partial charge is 0.240 e. The van der Waals surface area contributed by atoms with Gasteiger partial charge in [0.15, 0.2) is 0 Å². The predicted molar refractivity (Wildman–Crippen MR) is 72.1 cm³/mol. The van der Waals surface area contributed by atoms with Gasteiger partial charge in [0.2, 0.25) is 5.91 Å². The Hall–Kier alpha value is -1.36. The number of amides is 1. The van der Waals surface area contributed by atoms with Crippen molar-refractivity contribution in [3.05, 3.63) is 18.2 Å². The van der Waals surface area contributed by atoms with Crippen molar-refractivity contribution in [3.8, 4) is 0 Å². The van der Waals surface area contributed by atoms with Crippen molar-refractivity contribution < 1.29 is 4.79 Å². The summed E-state index contributed by atoms with van der Waals surface area (Å²) in [7, 11) is 0. The molecule has 0 saturated carbocycles. The van der Waals surface area contributed by atoms with Crippen LogP contribution in [0.3, 0.4) is 0 Å².